The van der Waals surface area contributed by atoms with Gasteiger partial charge in [0.1, 0.15) is 0 Å². The molecule has 1 nitrogen and oxygen atoms in total. The summed E-state index contributed by atoms with van der Waals surface area (Å²) in [5.41, 5.74) is 6.83. The van der Waals surface area contributed by atoms with E-state index in [0.717, 1.165) is 28.4 Å². The number of nitrogens with zero attached hydrogens (tertiary/aromatic N) is 1. The lowest BCUT2D eigenvalue weighted by molar-refractivity contribution is 1.11. The highest BCUT2D eigenvalue weighted by molar-refractivity contribution is 6.32. The van der Waals surface area contributed by atoms with Crippen LogP contribution in [0.4, 0.5) is 0 Å². The molecule has 0 radical (unpaired) electrons. The van der Waals surface area contributed by atoms with Crippen LogP contribution in [0.3, 0.4) is 0 Å². The van der Waals surface area contributed by atoms with Gasteiger partial charge in [-0.15, -0.1) is 0 Å². The second kappa shape index (κ2) is 6.19. The molecule has 0 N–H and O–H groups in total. The van der Waals surface area contributed by atoms with Gasteiger partial charge in [-0.05, 0) is 64.3 Å². The zero-order valence-corrected chi connectivity index (χ0v) is 12.9. The van der Waals surface area contributed by atoms with Crippen molar-refractivity contribution in [3.05, 3.63) is 39.4 Å². The van der Waals surface area contributed by atoms with Crippen LogP contribution >= 0.6 is 11.6 Å². The maximum atomic E-state index is 6.40. The fraction of sp³-hybridized carbons (Fsp3) is 0.438. The lowest BCUT2D eigenvalue weighted by Crippen LogP contribution is -1.94. The highest BCUT2D eigenvalue weighted by Crippen LogP contribution is 2.30. The SMILES string of the molecule is CCc1cc(Cl)c(C(N=C(C)C)=C(C)C)cc1C. The highest BCUT2D eigenvalue weighted by atomic mass is 35.5. The Labute approximate surface area is 116 Å². The Balaban J connectivity index is 3.45. The predicted molar refractivity (Wildman–Crippen MR) is 82.6 cm³/mol. The molecule has 1 rings (SSSR count). The normalized spacial score (nSPS) is 10.2. The van der Waals surface area contributed by atoms with Crippen LogP contribution in [0.25, 0.3) is 5.70 Å². The molecule has 0 unspecified atom stereocenters. The first-order valence-electron chi connectivity index (χ1n) is 6.35. The number of benzene rings is 1. The molecule has 0 bridgehead atoms. The minimum Gasteiger partial charge on any atom is -0.258 e. The van der Waals surface area contributed by atoms with E-state index >= 15 is 0 Å². The van der Waals surface area contributed by atoms with Crippen molar-refractivity contribution in [1.82, 2.24) is 0 Å². The fourth-order valence-electron chi connectivity index (χ4n) is 1.95. The van der Waals surface area contributed by atoms with Gasteiger partial charge in [-0.2, -0.15) is 0 Å². The van der Waals surface area contributed by atoms with E-state index in [1.165, 1.54) is 16.7 Å². The van der Waals surface area contributed by atoms with Crippen LogP contribution in [0.5, 0.6) is 0 Å². The van der Waals surface area contributed by atoms with Gasteiger partial charge in [0.15, 0.2) is 0 Å². The second-order valence-corrected chi connectivity index (χ2v) is 5.43. The summed E-state index contributed by atoms with van der Waals surface area (Å²) in [4.78, 5) is 4.62. The molecule has 1 aromatic rings. The molecule has 0 aromatic heterocycles. The van der Waals surface area contributed by atoms with Gasteiger partial charge in [0, 0.05) is 11.3 Å². The van der Waals surface area contributed by atoms with Crippen molar-refractivity contribution in [2.75, 3.05) is 0 Å². The standard InChI is InChI=1S/C16H22ClN/c1-7-13-9-15(17)14(8-12(13)6)16(10(2)3)18-11(4)5/h8-9H,7H2,1-6H3. The number of hydrogen-bond donors (Lipinski definition) is 0. The molecule has 0 aliphatic rings. The third-order valence-corrected chi connectivity index (χ3v) is 3.18. The summed E-state index contributed by atoms with van der Waals surface area (Å²) in [6.45, 7) is 12.4. The zero-order valence-electron chi connectivity index (χ0n) is 12.2. The minimum atomic E-state index is 0.790. The van der Waals surface area contributed by atoms with Crippen molar-refractivity contribution in [1.29, 1.82) is 0 Å². The summed E-state index contributed by atoms with van der Waals surface area (Å²) >= 11 is 6.40. The van der Waals surface area contributed by atoms with Gasteiger partial charge >= 0.3 is 0 Å². The van der Waals surface area contributed by atoms with Crippen LogP contribution in [-0.2, 0) is 6.42 Å². The van der Waals surface area contributed by atoms with E-state index in [9.17, 15) is 0 Å². The quantitative estimate of drug-likeness (QED) is 0.644. The minimum absolute atomic E-state index is 0.790. The summed E-state index contributed by atoms with van der Waals surface area (Å²) in [5.74, 6) is 0. The van der Waals surface area contributed by atoms with Gasteiger partial charge in [0.25, 0.3) is 0 Å². The maximum absolute atomic E-state index is 6.40. The van der Waals surface area contributed by atoms with Crippen molar-refractivity contribution in [3.63, 3.8) is 0 Å². The Morgan fingerprint density at radius 1 is 1.17 bits per heavy atom. The molecule has 1 aromatic carbocycles. The number of hydrogen-bond acceptors (Lipinski definition) is 1. The van der Waals surface area contributed by atoms with Crippen LogP contribution < -0.4 is 0 Å². The number of rotatable bonds is 3. The Morgan fingerprint density at radius 3 is 2.22 bits per heavy atom. The van der Waals surface area contributed by atoms with E-state index < -0.39 is 0 Å². The molecular weight excluding hydrogens is 242 g/mol. The molecule has 18 heavy (non-hydrogen) atoms. The van der Waals surface area contributed by atoms with Gasteiger partial charge in [0.05, 0.1) is 10.7 Å². The Morgan fingerprint density at radius 2 is 1.78 bits per heavy atom. The lowest BCUT2D eigenvalue weighted by atomic mass is 10.00. The van der Waals surface area contributed by atoms with Crippen molar-refractivity contribution in [2.24, 2.45) is 4.99 Å². The van der Waals surface area contributed by atoms with Crippen LogP contribution in [0.15, 0.2) is 22.7 Å². The first-order valence-corrected chi connectivity index (χ1v) is 6.73. The molecule has 2 heteroatoms. The van der Waals surface area contributed by atoms with Gasteiger partial charge in [0.2, 0.25) is 0 Å². The molecule has 0 spiro atoms. The molecule has 0 heterocycles. The Bertz CT molecular complexity index is 502. The molecular formula is C16H22ClN. The number of aliphatic imine (C=N–C) groups is 1. The second-order valence-electron chi connectivity index (χ2n) is 5.02. The molecule has 0 fully saturated rings. The maximum Gasteiger partial charge on any atom is 0.0702 e. The number of halogens is 1. The van der Waals surface area contributed by atoms with Crippen molar-refractivity contribution in [3.8, 4) is 0 Å². The summed E-state index contributed by atoms with van der Waals surface area (Å²) in [6.07, 6.45) is 1.01. The molecule has 0 atom stereocenters. The summed E-state index contributed by atoms with van der Waals surface area (Å²) in [5, 5.41) is 0.790. The van der Waals surface area contributed by atoms with Crippen molar-refractivity contribution >= 4 is 23.0 Å². The monoisotopic (exact) mass is 263 g/mol. The lowest BCUT2D eigenvalue weighted by Gasteiger charge is -2.12. The van der Waals surface area contributed by atoms with Crippen LogP contribution in [0.1, 0.15) is 51.3 Å². The smallest absolute Gasteiger partial charge is 0.0702 e. The van der Waals surface area contributed by atoms with Gasteiger partial charge in [-0.1, -0.05) is 24.1 Å². The third kappa shape index (κ3) is 3.46. The third-order valence-electron chi connectivity index (χ3n) is 2.87. The van der Waals surface area contributed by atoms with E-state index in [0.29, 0.717) is 0 Å². The molecule has 0 amide bonds. The summed E-state index contributed by atoms with van der Waals surface area (Å²) < 4.78 is 0. The summed E-state index contributed by atoms with van der Waals surface area (Å²) in [6, 6.07) is 4.21. The average molecular weight is 264 g/mol. The van der Waals surface area contributed by atoms with Crippen LogP contribution in [-0.4, -0.2) is 5.71 Å². The molecule has 98 valence electrons. The Kier molecular flexibility index (Phi) is 5.15. The Hall–Kier alpha value is -1.08. The van der Waals surface area contributed by atoms with Gasteiger partial charge in [-0.25, -0.2) is 0 Å². The molecule has 0 aliphatic heterocycles. The van der Waals surface area contributed by atoms with Crippen LogP contribution in [0, 0.1) is 6.92 Å². The van der Waals surface area contributed by atoms with Crippen molar-refractivity contribution < 1.29 is 0 Å². The first kappa shape index (κ1) is 15.0. The highest BCUT2D eigenvalue weighted by Gasteiger charge is 2.10. The van der Waals surface area contributed by atoms with E-state index in [-0.39, 0.29) is 0 Å². The van der Waals surface area contributed by atoms with Gasteiger partial charge < -0.3 is 0 Å². The zero-order chi connectivity index (χ0) is 13.9. The largest absolute Gasteiger partial charge is 0.258 e. The topological polar surface area (TPSA) is 12.4 Å². The number of allylic oxidation sites excluding steroid dienone is 1. The van der Waals surface area contributed by atoms with E-state index in [4.69, 9.17) is 11.6 Å². The molecule has 0 saturated carbocycles. The summed E-state index contributed by atoms with van der Waals surface area (Å²) in [7, 11) is 0. The number of aryl methyl sites for hydroxylation is 2. The molecule has 0 saturated heterocycles. The van der Waals surface area contributed by atoms with E-state index in [1.54, 1.807) is 0 Å². The van der Waals surface area contributed by atoms with Gasteiger partial charge in [-0.3, -0.25) is 4.99 Å². The fourth-order valence-corrected chi connectivity index (χ4v) is 2.23. The first-order chi connectivity index (χ1) is 8.36. The predicted octanol–water partition coefficient (Wildman–Crippen LogP) is 5.44. The van der Waals surface area contributed by atoms with E-state index in [1.807, 2.05) is 13.8 Å². The van der Waals surface area contributed by atoms with Crippen LogP contribution in [0.2, 0.25) is 5.02 Å². The average Bonchev–Trinajstić information content (AvgIpc) is 2.28. The van der Waals surface area contributed by atoms with Crippen molar-refractivity contribution in [2.45, 2.75) is 48.0 Å². The molecule has 0 aliphatic carbocycles. The van der Waals surface area contributed by atoms with E-state index in [2.05, 4.69) is 44.8 Å².